The van der Waals surface area contributed by atoms with E-state index in [-0.39, 0.29) is 0 Å². The molecule has 9 heavy (non-hydrogen) atoms. The monoisotopic (exact) mass is 135 g/mol. The van der Waals surface area contributed by atoms with Gasteiger partial charge in [-0.05, 0) is 17.6 Å². The molecule has 2 radical (unpaired) electrons. The summed E-state index contributed by atoms with van der Waals surface area (Å²) in [7, 11) is 5.50. The molecule has 0 bridgehead atoms. The highest BCUT2D eigenvalue weighted by Gasteiger charge is 2.25. The molecule has 0 amide bonds. The normalized spacial score (nSPS) is 18.2. The molecular weight excluding hydrogens is 129 g/mol. The van der Waals surface area contributed by atoms with Crippen LogP contribution in [0.1, 0.15) is 23.8 Å². The number of rotatable bonds is 1. The van der Waals surface area contributed by atoms with Crippen LogP contribution in [0.4, 0.5) is 0 Å². The van der Waals surface area contributed by atoms with Gasteiger partial charge in [0.1, 0.15) is 7.85 Å². The van der Waals surface area contributed by atoms with E-state index in [2.05, 4.69) is 4.98 Å². The minimum atomic E-state index is 0.757. The Hall–Kier alpha value is -0.305. The van der Waals surface area contributed by atoms with E-state index in [1.165, 1.54) is 17.8 Å². The van der Waals surface area contributed by atoms with Crippen molar-refractivity contribution in [1.82, 2.24) is 4.98 Å². The highest BCUT2D eigenvalue weighted by molar-refractivity contribution is 7.19. The predicted octanol–water partition coefficient (Wildman–Crippen LogP) is 0.814. The first kappa shape index (κ1) is 5.48. The molecule has 0 saturated heterocycles. The van der Waals surface area contributed by atoms with Crippen molar-refractivity contribution in [3.63, 3.8) is 0 Å². The summed E-state index contributed by atoms with van der Waals surface area (Å²) in [5.41, 5.74) is 0. The number of aromatic nitrogens is 1. The minimum Gasteiger partial charge on any atom is -0.250 e. The van der Waals surface area contributed by atoms with E-state index < -0.39 is 0 Å². The quantitative estimate of drug-likeness (QED) is 0.519. The predicted molar refractivity (Wildman–Crippen MR) is 39.5 cm³/mol. The van der Waals surface area contributed by atoms with E-state index in [1.807, 2.05) is 0 Å². The summed E-state index contributed by atoms with van der Waals surface area (Å²) in [5, 5.41) is 1.23. The standard InChI is InChI=1S/C6H6BNS/c7-5-3-8-6(9-5)4-1-2-4/h3-4H,1-2H2. The molecule has 0 unspecified atom stereocenters. The molecule has 1 heterocycles. The lowest BCUT2D eigenvalue weighted by Crippen LogP contribution is -1.89. The molecule has 0 N–H and O–H groups in total. The lowest BCUT2D eigenvalue weighted by atomic mass is 10.1. The Morgan fingerprint density at radius 1 is 1.67 bits per heavy atom. The van der Waals surface area contributed by atoms with Gasteiger partial charge in [0, 0.05) is 12.1 Å². The van der Waals surface area contributed by atoms with Crippen LogP contribution in [0.5, 0.6) is 0 Å². The van der Waals surface area contributed by atoms with Gasteiger partial charge in [-0.25, -0.2) is 0 Å². The van der Waals surface area contributed by atoms with Gasteiger partial charge in [0.15, 0.2) is 0 Å². The zero-order valence-electron chi connectivity index (χ0n) is 5.00. The lowest BCUT2D eigenvalue weighted by Gasteiger charge is -1.81. The molecule has 0 spiro atoms. The topological polar surface area (TPSA) is 12.9 Å². The van der Waals surface area contributed by atoms with Crippen molar-refractivity contribution in [2.45, 2.75) is 18.8 Å². The molecule has 1 aromatic rings. The Morgan fingerprint density at radius 2 is 2.44 bits per heavy atom. The average molecular weight is 135 g/mol. The van der Waals surface area contributed by atoms with E-state index >= 15 is 0 Å². The van der Waals surface area contributed by atoms with Crippen molar-refractivity contribution >= 4 is 24.0 Å². The van der Waals surface area contributed by atoms with Gasteiger partial charge in [0.2, 0.25) is 0 Å². The fourth-order valence-electron chi connectivity index (χ4n) is 0.820. The smallest absolute Gasteiger partial charge is 0.131 e. The third kappa shape index (κ3) is 1.01. The van der Waals surface area contributed by atoms with E-state index in [9.17, 15) is 0 Å². The Balaban J connectivity index is 2.28. The van der Waals surface area contributed by atoms with Gasteiger partial charge >= 0.3 is 0 Å². The zero-order chi connectivity index (χ0) is 6.27. The summed E-state index contributed by atoms with van der Waals surface area (Å²) in [6.07, 6.45) is 4.37. The molecular formula is C6H6BNS. The summed E-state index contributed by atoms with van der Waals surface area (Å²) in [6.45, 7) is 0. The molecule has 0 aliphatic heterocycles. The maximum Gasteiger partial charge on any atom is 0.131 e. The summed E-state index contributed by atoms with van der Waals surface area (Å²) in [4.78, 5) is 4.17. The van der Waals surface area contributed by atoms with E-state index in [1.54, 1.807) is 17.5 Å². The van der Waals surface area contributed by atoms with Gasteiger partial charge in [-0.1, -0.05) is 0 Å². The van der Waals surface area contributed by atoms with Crippen LogP contribution in [0.25, 0.3) is 0 Å². The number of hydrogen-bond donors (Lipinski definition) is 0. The maximum atomic E-state index is 5.50. The number of hydrogen-bond acceptors (Lipinski definition) is 2. The van der Waals surface area contributed by atoms with E-state index in [0.717, 1.165) is 10.7 Å². The average Bonchev–Trinajstić information content (AvgIpc) is 2.58. The van der Waals surface area contributed by atoms with Gasteiger partial charge in [-0.3, -0.25) is 4.98 Å². The molecule has 1 aromatic heterocycles. The first-order chi connectivity index (χ1) is 4.36. The Morgan fingerprint density at radius 3 is 2.89 bits per heavy atom. The summed E-state index contributed by atoms with van der Waals surface area (Å²) >= 11 is 1.62. The molecule has 1 fully saturated rings. The van der Waals surface area contributed by atoms with Crippen LogP contribution in [0, 0.1) is 0 Å². The first-order valence-corrected chi connectivity index (χ1v) is 3.89. The van der Waals surface area contributed by atoms with E-state index in [4.69, 9.17) is 7.85 Å². The molecule has 2 rings (SSSR count). The Bertz CT molecular complexity index is 217. The Labute approximate surface area is 59.5 Å². The largest absolute Gasteiger partial charge is 0.250 e. The lowest BCUT2D eigenvalue weighted by molar-refractivity contribution is 1.08. The third-order valence-corrected chi connectivity index (χ3v) is 2.46. The van der Waals surface area contributed by atoms with Crippen molar-refractivity contribution in [1.29, 1.82) is 0 Å². The van der Waals surface area contributed by atoms with Gasteiger partial charge in [0.05, 0.1) is 5.01 Å². The fraction of sp³-hybridized carbons (Fsp3) is 0.500. The summed E-state index contributed by atoms with van der Waals surface area (Å²) < 4.78 is 0.844. The van der Waals surface area contributed by atoms with E-state index in [0.29, 0.717) is 0 Å². The van der Waals surface area contributed by atoms with Crippen LogP contribution in [-0.2, 0) is 0 Å². The molecule has 1 saturated carbocycles. The number of nitrogens with zero attached hydrogens (tertiary/aromatic N) is 1. The van der Waals surface area contributed by atoms with Gasteiger partial charge in [-0.15, -0.1) is 11.3 Å². The highest BCUT2D eigenvalue weighted by Crippen LogP contribution is 2.40. The maximum absolute atomic E-state index is 5.50. The number of thiazole rings is 1. The second-order valence-electron chi connectivity index (χ2n) is 2.38. The molecule has 0 atom stereocenters. The molecule has 1 aliphatic carbocycles. The van der Waals surface area contributed by atoms with Crippen LogP contribution in [0.15, 0.2) is 6.20 Å². The van der Waals surface area contributed by atoms with Crippen molar-refractivity contribution in [2.75, 3.05) is 0 Å². The van der Waals surface area contributed by atoms with Crippen LogP contribution in [0.3, 0.4) is 0 Å². The molecule has 3 heteroatoms. The fourth-order valence-corrected chi connectivity index (χ4v) is 1.67. The minimum absolute atomic E-state index is 0.757. The Kier molecular flexibility index (Phi) is 1.12. The molecule has 1 aliphatic rings. The van der Waals surface area contributed by atoms with Gasteiger partial charge in [-0.2, -0.15) is 0 Å². The molecule has 44 valence electrons. The van der Waals surface area contributed by atoms with Crippen molar-refractivity contribution in [2.24, 2.45) is 0 Å². The summed E-state index contributed by atoms with van der Waals surface area (Å²) in [6, 6.07) is 0. The van der Waals surface area contributed by atoms with Crippen molar-refractivity contribution < 1.29 is 0 Å². The molecule has 0 aromatic carbocycles. The highest BCUT2D eigenvalue weighted by atomic mass is 32.1. The van der Waals surface area contributed by atoms with Crippen LogP contribution >= 0.6 is 11.3 Å². The van der Waals surface area contributed by atoms with Crippen LogP contribution in [0.2, 0.25) is 0 Å². The summed E-state index contributed by atoms with van der Waals surface area (Å²) in [5.74, 6) is 0.757. The molecule has 1 nitrogen and oxygen atoms in total. The van der Waals surface area contributed by atoms with Crippen molar-refractivity contribution in [3.05, 3.63) is 11.2 Å². The third-order valence-electron chi connectivity index (χ3n) is 1.47. The van der Waals surface area contributed by atoms with Crippen LogP contribution < -0.4 is 4.78 Å². The zero-order valence-corrected chi connectivity index (χ0v) is 5.82. The SMILES string of the molecule is [B]c1cnc(C2CC2)s1. The van der Waals surface area contributed by atoms with Gasteiger partial charge in [0.25, 0.3) is 0 Å². The second-order valence-corrected chi connectivity index (χ2v) is 3.47. The first-order valence-electron chi connectivity index (χ1n) is 3.07. The van der Waals surface area contributed by atoms with Crippen LogP contribution in [-0.4, -0.2) is 12.8 Å². The van der Waals surface area contributed by atoms with Gasteiger partial charge < -0.3 is 0 Å². The second kappa shape index (κ2) is 1.84. The van der Waals surface area contributed by atoms with Crippen molar-refractivity contribution in [3.8, 4) is 0 Å².